The van der Waals surface area contributed by atoms with Crippen molar-refractivity contribution in [2.45, 2.75) is 49.9 Å². The monoisotopic (exact) mass is 286 g/mol. The van der Waals surface area contributed by atoms with Crippen molar-refractivity contribution < 1.29 is 4.74 Å². The molecular formula is C12H19BrN2O. The summed E-state index contributed by atoms with van der Waals surface area (Å²) in [7, 11) is 1.73. The number of alkyl halides is 1. The lowest BCUT2D eigenvalue weighted by atomic mass is 10.0. The molecule has 1 aliphatic carbocycles. The van der Waals surface area contributed by atoms with E-state index in [4.69, 9.17) is 4.74 Å². The number of aromatic nitrogens is 2. The van der Waals surface area contributed by atoms with Crippen LogP contribution in [0.2, 0.25) is 0 Å². The molecule has 0 radical (unpaired) electrons. The third-order valence-electron chi connectivity index (χ3n) is 3.28. The summed E-state index contributed by atoms with van der Waals surface area (Å²) in [5.41, 5.74) is 1.28. The topological polar surface area (TPSA) is 27.1 Å². The van der Waals surface area contributed by atoms with Gasteiger partial charge in [-0.3, -0.25) is 4.68 Å². The summed E-state index contributed by atoms with van der Waals surface area (Å²) < 4.78 is 7.54. The SMILES string of the molecule is CCCn1ncc(OC)c1C1CCCC1Br. The molecule has 1 fully saturated rings. The molecule has 16 heavy (non-hydrogen) atoms. The van der Waals surface area contributed by atoms with Gasteiger partial charge in [-0.15, -0.1) is 0 Å². The minimum atomic E-state index is 0.559. The van der Waals surface area contributed by atoms with Gasteiger partial charge in [0.25, 0.3) is 0 Å². The highest BCUT2D eigenvalue weighted by Gasteiger charge is 2.31. The van der Waals surface area contributed by atoms with E-state index in [9.17, 15) is 0 Å². The second-order valence-electron chi connectivity index (χ2n) is 4.37. The largest absolute Gasteiger partial charge is 0.493 e. The van der Waals surface area contributed by atoms with Crippen LogP contribution in [0.15, 0.2) is 6.20 Å². The van der Waals surface area contributed by atoms with Crippen LogP contribution in [0.5, 0.6) is 5.75 Å². The van der Waals surface area contributed by atoms with Crippen LogP contribution in [0.4, 0.5) is 0 Å². The summed E-state index contributed by atoms with van der Waals surface area (Å²) in [4.78, 5) is 0.578. The van der Waals surface area contributed by atoms with E-state index >= 15 is 0 Å². The van der Waals surface area contributed by atoms with Crippen LogP contribution in [-0.2, 0) is 6.54 Å². The van der Waals surface area contributed by atoms with E-state index in [0.717, 1.165) is 18.7 Å². The van der Waals surface area contributed by atoms with Gasteiger partial charge >= 0.3 is 0 Å². The Hall–Kier alpha value is -0.510. The number of hydrogen-bond acceptors (Lipinski definition) is 2. The molecule has 90 valence electrons. The van der Waals surface area contributed by atoms with Crippen LogP contribution < -0.4 is 4.74 Å². The molecule has 2 unspecified atom stereocenters. The van der Waals surface area contributed by atoms with Crippen LogP contribution in [0, 0.1) is 0 Å². The molecule has 1 aromatic heterocycles. The number of hydrogen-bond donors (Lipinski definition) is 0. The van der Waals surface area contributed by atoms with Gasteiger partial charge in [-0.1, -0.05) is 29.3 Å². The predicted molar refractivity (Wildman–Crippen MR) is 68.4 cm³/mol. The van der Waals surface area contributed by atoms with Crippen molar-refractivity contribution >= 4 is 15.9 Å². The molecule has 0 spiro atoms. The normalized spacial score (nSPS) is 24.9. The lowest BCUT2D eigenvalue weighted by molar-refractivity contribution is 0.401. The van der Waals surface area contributed by atoms with Gasteiger partial charge in [-0.05, 0) is 19.3 Å². The Morgan fingerprint density at radius 1 is 1.56 bits per heavy atom. The smallest absolute Gasteiger partial charge is 0.160 e. The van der Waals surface area contributed by atoms with Crippen molar-refractivity contribution in [2.75, 3.05) is 7.11 Å². The second kappa shape index (κ2) is 5.21. The Kier molecular flexibility index (Phi) is 3.90. The molecule has 0 amide bonds. The maximum atomic E-state index is 5.43. The Morgan fingerprint density at radius 3 is 2.94 bits per heavy atom. The van der Waals surface area contributed by atoms with E-state index in [1.54, 1.807) is 7.11 Å². The maximum Gasteiger partial charge on any atom is 0.160 e. The van der Waals surface area contributed by atoms with E-state index in [0.29, 0.717) is 10.7 Å². The summed E-state index contributed by atoms with van der Waals surface area (Å²) in [6, 6.07) is 0. The molecule has 0 N–H and O–H groups in total. The fourth-order valence-corrected chi connectivity index (χ4v) is 3.36. The molecule has 2 rings (SSSR count). The lowest BCUT2D eigenvalue weighted by Gasteiger charge is -2.17. The highest BCUT2D eigenvalue weighted by molar-refractivity contribution is 9.09. The second-order valence-corrected chi connectivity index (χ2v) is 5.55. The van der Waals surface area contributed by atoms with E-state index in [1.165, 1.54) is 25.0 Å². The number of ether oxygens (including phenoxy) is 1. The molecule has 2 atom stereocenters. The van der Waals surface area contributed by atoms with Crippen molar-refractivity contribution in [3.8, 4) is 5.75 Å². The van der Waals surface area contributed by atoms with E-state index in [1.807, 2.05) is 6.20 Å². The van der Waals surface area contributed by atoms with E-state index in [-0.39, 0.29) is 0 Å². The standard InChI is InChI=1S/C12H19BrN2O/c1-3-7-15-12(11(16-2)8-14-15)9-5-4-6-10(9)13/h8-10H,3-7H2,1-2H3. The van der Waals surface area contributed by atoms with Gasteiger partial charge in [0.2, 0.25) is 0 Å². The van der Waals surface area contributed by atoms with Crippen molar-refractivity contribution in [3.05, 3.63) is 11.9 Å². The first kappa shape index (κ1) is 12.0. The number of halogens is 1. The molecule has 3 nitrogen and oxygen atoms in total. The summed E-state index contributed by atoms with van der Waals surface area (Å²) in [6.07, 6.45) is 6.74. The first-order valence-corrected chi connectivity index (χ1v) is 6.93. The molecule has 4 heteroatoms. The summed E-state index contributed by atoms with van der Waals surface area (Å²) in [5.74, 6) is 1.51. The molecule has 0 bridgehead atoms. The predicted octanol–water partition coefficient (Wildman–Crippen LogP) is 3.33. The Labute approximate surface area is 105 Å². The van der Waals surface area contributed by atoms with Crippen LogP contribution in [0.3, 0.4) is 0 Å². The van der Waals surface area contributed by atoms with Crippen molar-refractivity contribution in [1.82, 2.24) is 9.78 Å². The molecule has 1 heterocycles. The van der Waals surface area contributed by atoms with Crippen molar-refractivity contribution in [2.24, 2.45) is 0 Å². The van der Waals surface area contributed by atoms with Gasteiger partial charge in [0.15, 0.2) is 5.75 Å². The molecule has 0 aliphatic heterocycles. The van der Waals surface area contributed by atoms with Gasteiger partial charge < -0.3 is 4.74 Å². The van der Waals surface area contributed by atoms with Crippen LogP contribution >= 0.6 is 15.9 Å². The average molecular weight is 287 g/mol. The number of aryl methyl sites for hydroxylation is 1. The minimum Gasteiger partial charge on any atom is -0.493 e. The highest BCUT2D eigenvalue weighted by atomic mass is 79.9. The quantitative estimate of drug-likeness (QED) is 0.794. The molecule has 1 aromatic rings. The fourth-order valence-electron chi connectivity index (χ4n) is 2.52. The zero-order chi connectivity index (χ0) is 11.5. The fraction of sp³-hybridized carbons (Fsp3) is 0.750. The molecular weight excluding hydrogens is 268 g/mol. The van der Waals surface area contributed by atoms with Crippen LogP contribution in [-0.4, -0.2) is 21.7 Å². The number of rotatable bonds is 4. The Morgan fingerprint density at radius 2 is 2.38 bits per heavy atom. The van der Waals surface area contributed by atoms with Crippen LogP contribution in [0.1, 0.15) is 44.2 Å². The third-order valence-corrected chi connectivity index (χ3v) is 4.38. The minimum absolute atomic E-state index is 0.559. The number of methoxy groups -OCH3 is 1. The molecule has 0 aromatic carbocycles. The van der Waals surface area contributed by atoms with Crippen molar-refractivity contribution in [1.29, 1.82) is 0 Å². The molecule has 1 aliphatic rings. The first-order valence-electron chi connectivity index (χ1n) is 6.01. The van der Waals surface area contributed by atoms with Gasteiger partial charge in [0.05, 0.1) is 19.0 Å². The average Bonchev–Trinajstić information content (AvgIpc) is 2.85. The zero-order valence-electron chi connectivity index (χ0n) is 9.95. The Bertz CT molecular complexity index is 351. The highest BCUT2D eigenvalue weighted by Crippen LogP contribution is 2.42. The van der Waals surface area contributed by atoms with Gasteiger partial charge in [-0.25, -0.2) is 0 Å². The van der Waals surface area contributed by atoms with E-state index < -0.39 is 0 Å². The lowest BCUT2D eigenvalue weighted by Crippen LogP contribution is -2.13. The molecule has 0 saturated heterocycles. The van der Waals surface area contributed by atoms with Crippen molar-refractivity contribution in [3.63, 3.8) is 0 Å². The Balaban J connectivity index is 2.31. The van der Waals surface area contributed by atoms with Gasteiger partial charge in [-0.2, -0.15) is 5.10 Å². The van der Waals surface area contributed by atoms with Gasteiger partial charge in [0.1, 0.15) is 0 Å². The number of nitrogens with zero attached hydrogens (tertiary/aromatic N) is 2. The summed E-state index contributed by atoms with van der Waals surface area (Å²) >= 11 is 3.78. The third kappa shape index (κ3) is 2.12. The first-order chi connectivity index (χ1) is 7.77. The van der Waals surface area contributed by atoms with E-state index in [2.05, 4.69) is 32.6 Å². The molecule has 1 saturated carbocycles. The zero-order valence-corrected chi connectivity index (χ0v) is 11.5. The summed E-state index contributed by atoms with van der Waals surface area (Å²) in [6.45, 7) is 3.16. The van der Waals surface area contributed by atoms with Gasteiger partial charge in [0, 0.05) is 17.3 Å². The summed E-state index contributed by atoms with van der Waals surface area (Å²) in [5, 5.41) is 4.43. The van der Waals surface area contributed by atoms with Crippen LogP contribution in [0.25, 0.3) is 0 Å². The maximum absolute atomic E-state index is 5.43.